The van der Waals surface area contributed by atoms with Gasteiger partial charge in [-0.3, -0.25) is 9.79 Å². The van der Waals surface area contributed by atoms with Crippen molar-refractivity contribution in [1.29, 1.82) is 0 Å². The van der Waals surface area contributed by atoms with Crippen LogP contribution in [0.15, 0.2) is 29.3 Å². The highest BCUT2D eigenvalue weighted by atomic mass is 16.5. The summed E-state index contributed by atoms with van der Waals surface area (Å²) in [7, 11) is 3.57. The highest BCUT2D eigenvalue weighted by Gasteiger charge is 2.17. The van der Waals surface area contributed by atoms with E-state index >= 15 is 0 Å². The first-order valence-electron chi connectivity index (χ1n) is 10.3. The predicted octanol–water partition coefficient (Wildman–Crippen LogP) is 2.30. The van der Waals surface area contributed by atoms with E-state index in [9.17, 15) is 4.79 Å². The number of hydrogen-bond acceptors (Lipinski definition) is 4. The Kier molecular flexibility index (Phi) is 8.92. The smallest absolute Gasteiger partial charge is 0.240 e. The van der Waals surface area contributed by atoms with Gasteiger partial charge in [0.1, 0.15) is 0 Å². The predicted molar refractivity (Wildman–Crippen MR) is 116 cm³/mol. The molecule has 1 aromatic rings. The van der Waals surface area contributed by atoms with Gasteiger partial charge in [0.25, 0.3) is 0 Å². The van der Waals surface area contributed by atoms with E-state index in [2.05, 4.69) is 39.9 Å². The number of benzene rings is 1. The van der Waals surface area contributed by atoms with Gasteiger partial charge in [0.15, 0.2) is 5.96 Å². The second-order valence-electron chi connectivity index (χ2n) is 8.49. The molecule has 0 unspecified atom stereocenters. The molecule has 0 atom stereocenters. The third-order valence-electron chi connectivity index (χ3n) is 4.60. The molecule has 1 aliphatic heterocycles. The molecule has 1 fully saturated rings. The number of guanidine groups is 1. The topological polar surface area (TPSA) is 75.2 Å². The maximum atomic E-state index is 12.1. The number of nitrogens with one attached hydrogen (secondary N) is 2. The zero-order valence-corrected chi connectivity index (χ0v) is 18.5. The van der Waals surface area contributed by atoms with Gasteiger partial charge >= 0.3 is 0 Å². The number of nitrogens with zero attached hydrogens (tertiary/aromatic N) is 2. The van der Waals surface area contributed by atoms with Crippen LogP contribution in [-0.4, -0.2) is 62.3 Å². The molecule has 0 spiro atoms. The molecule has 1 heterocycles. The first-order chi connectivity index (χ1) is 13.8. The number of aliphatic imine (C=N–C) groups is 1. The molecule has 0 bridgehead atoms. The zero-order chi connectivity index (χ0) is 21.3. The van der Waals surface area contributed by atoms with Gasteiger partial charge in [-0.1, -0.05) is 24.3 Å². The average molecular weight is 405 g/mol. The van der Waals surface area contributed by atoms with E-state index in [4.69, 9.17) is 9.47 Å². The van der Waals surface area contributed by atoms with Gasteiger partial charge in [-0.05, 0) is 44.7 Å². The van der Waals surface area contributed by atoms with Gasteiger partial charge < -0.3 is 25.0 Å². The van der Waals surface area contributed by atoms with Gasteiger partial charge in [-0.15, -0.1) is 0 Å². The lowest BCUT2D eigenvalue weighted by atomic mass is 10.1. The minimum absolute atomic E-state index is 0.0307. The Labute approximate surface area is 174 Å². The van der Waals surface area contributed by atoms with Crippen LogP contribution < -0.4 is 10.6 Å². The van der Waals surface area contributed by atoms with Crippen LogP contribution in [0.3, 0.4) is 0 Å². The van der Waals surface area contributed by atoms with Crippen molar-refractivity contribution < 1.29 is 14.3 Å². The average Bonchev–Trinajstić information content (AvgIpc) is 2.67. The van der Waals surface area contributed by atoms with E-state index in [1.807, 2.05) is 32.7 Å². The van der Waals surface area contributed by atoms with E-state index in [-0.39, 0.29) is 18.0 Å². The molecule has 0 aromatic heterocycles. The van der Waals surface area contributed by atoms with Gasteiger partial charge in [-0.25, -0.2) is 0 Å². The Morgan fingerprint density at radius 2 is 1.83 bits per heavy atom. The fourth-order valence-corrected chi connectivity index (χ4v) is 3.12. The SMILES string of the molecule is CN=C(NCc1ccc(COC2CCOCC2)cc1)N(C)CC(=O)NC(C)(C)C. The highest BCUT2D eigenvalue weighted by Crippen LogP contribution is 2.14. The van der Waals surface area contributed by atoms with Crippen LogP contribution in [0.2, 0.25) is 0 Å². The van der Waals surface area contributed by atoms with E-state index < -0.39 is 0 Å². The highest BCUT2D eigenvalue weighted by molar-refractivity contribution is 5.86. The van der Waals surface area contributed by atoms with Crippen molar-refractivity contribution in [3.63, 3.8) is 0 Å². The van der Waals surface area contributed by atoms with Gasteiger partial charge in [0.05, 0.1) is 19.3 Å². The molecule has 162 valence electrons. The number of ether oxygens (including phenoxy) is 2. The second kappa shape index (κ2) is 11.2. The summed E-state index contributed by atoms with van der Waals surface area (Å²) in [5, 5.41) is 6.27. The normalized spacial score (nSPS) is 15.8. The van der Waals surface area contributed by atoms with E-state index in [1.54, 1.807) is 7.05 Å². The van der Waals surface area contributed by atoms with Crippen LogP contribution in [0.25, 0.3) is 0 Å². The zero-order valence-electron chi connectivity index (χ0n) is 18.5. The number of hydrogen-bond donors (Lipinski definition) is 2. The van der Waals surface area contributed by atoms with Crippen LogP contribution >= 0.6 is 0 Å². The molecule has 1 aliphatic rings. The standard InChI is InChI=1S/C22H36N4O3/c1-22(2,3)25-20(27)15-26(5)21(23-4)24-14-17-6-8-18(9-7-17)16-29-19-10-12-28-13-11-19/h6-9,19H,10-16H2,1-5H3,(H,23,24)(H,25,27). The van der Waals surface area contributed by atoms with Crippen molar-refractivity contribution in [2.75, 3.05) is 33.9 Å². The maximum absolute atomic E-state index is 12.1. The Balaban J connectivity index is 1.77. The molecule has 0 aliphatic carbocycles. The monoisotopic (exact) mass is 404 g/mol. The Hall–Kier alpha value is -2.12. The lowest BCUT2D eigenvalue weighted by molar-refractivity contribution is -0.122. The van der Waals surface area contributed by atoms with Crippen molar-refractivity contribution in [1.82, 2.24) is 15.5 Å². The summed E-state index contributed by atoms with van der Waals surface area (Å²) in [6.07, 6.45) is 2.25. The van der Waals surface area contributed by atoms with E-state index in [1.165, 1.54) is 5.56 Å². The molecule has 1 aromatic carbocycles. The first kappa shape index (κ1) is 23.2. The second-order valence-corrected chi connectivity index (χ2v) is 8.49. The van der Waals surface area contributed by atoms with Crippen molar-refractivity contribution in [2.45, 2.75) is 58.4 Å². The molecular formula is C22H36N4O3. The van der Waals surface area contributed by atoms with Crippen LogP contribution in [0.4, 0.5) is 0 Å². The van der Waals surface area contributed by atoms with Crippen molar-refractivity contribution >= 4 is 11.9 Å². The Bertz CT molecular complexity index is 662. The number of amides is 1. The summed E-state index contributed by atoms with van der Waals surface area (Å²) in [5.74, 6) is 0.651. The first-order valence-corrected chi connectivity index (χ1v) is 10.3. The Morgan fingerprint density at radius 1 is 1.21 bits per heavy atom. The maximum Gasteiger partial charge on any atom is 0.240 e. The lowest BCUT2D eigenvalue weighted by Crippen LogP contribution is -2.48. The van der Waals surface area contributed by atoms with E-state index in [0.29, 0.717) is 25.2 Å². The summed E-state index contributed by atoms with van der Waals surface area (Å²) in [5.41, 5.74) is 2.07. The molecular weight excluding hydrogens is 368 g/mol. The fourth-order valence-electron chi connectivity index (χ4n) is 3.12. The third-order valence-corrected chi connectivity index (χ3v) is 4.60. The quantitative estimate of drug-likeness (QED) is 0.539. The van der Waals surface area contributed by atoms with E-state index in [0.717, 1.165) is 31.6 Å². The van der Waals surface area contributed by atoms with Crippen molar-refractivity contribution in [3.05, 3.63) is 35.4 Å². The third kappa shape index (κ3) is 8.83. The number of likely N-dealkylation sites (N-methyl/N-ethyl adjacent to an activating group) is 1. The van der Waals surface area contributed by atoms with Gasteiger partial charge in [-0.2, -0.15) is 0 Å². The van der Waals surface area contributed by atoms with Crippen LogP contribution in [0.5, 0.6) is 0 Å². The number of carbonyl (C=O) groups excluding carboxylic acids is 1. The van der Waals surface area contributed by atoms with Crippen LogP contribution in [0, 0.1) is 0 Å². The summed E-state index contributed by atoms with van der Waals surface area (Å²) in [4.78, 5) is 18.2. The van der Waals surface area contributed by atoms with Gasteiger partial charge in [0, 0.05) is 39.4 Å². The van der Waals surface area contributed by atoms with Crippen LogP contribution in [-0.2, 0) is 27.4 Å². The fraction of sp³-hybridized carbons (Fsp3) is 0.636. The molecule has 1 amide bonds. The summed E-state index contributed by atoms with van der Waals surface area (Å²) >= 11 is 0. The number of rotatable bonds is 7. The minimum Gasteiger partial charge on any atom is -0.381 e. The molecule has 1 saturated heterocycles. The summed E-state index contributed by atoms with van der Waals surface area (Å²) < 4.78 is 11.3. The Morgan fingerprint density at radius 3 is 2.41 bits per heavy atom. The van der Waals surface area contributed by atoms with Crippen molar-refractivity contribution in [2.24, 2.45) is 4.99 Å². The van der Waals surface area contributed by atoms with Crippen LogP contribution in [0.1, 0.15) is 44.7 Å². The molecule has 0 radical (unpaired) electrons. The molecule has 0 saturated carbocycles. The summed E-state index contributed by atoms with van der Waals surface area (Å²) in [6.45, 7) is 9.01. The molecule has 7 heteroatoms. The molecule has 7 nitrogen and oxygen atoms in total. The number of carbonyl (C=O) groups is 1. The summed E-state index contributed by atoms with van der Waals surface area (Å²) in [6, 6.07) is 8.38. The molecule has 29 heavy (non-hydrogen) atoms. The van der Waals surface area contributed by atoms with Gasteiger partial charge in [0.2, 0.25) is 5.91 Å². The lowest BCUT2D eigenvalue weighted by Gasteiger charge is -2.25. The minimum atomic E-state index is -0.245. The molecule has 2 N–H and O–H groups in total. The molecule has 2 rings (SSSR count). The largest absolute Gasteiger partial charge is 0.381 e. The van der Waals surface area contributed by atoms with Crippen molar-refractivity contribution in [3.8, 4) is 0 Å².